The topological polar surface area (TPSA) is 58.4 Å². The molecule has 4 nitrogen and oxygen atoms in total. The molecule has 0 aromatic heterocycles. The molecule has 1 aliphatic carbocycles. The summed E-state index contributed by atoms with van der Waals surface area (Å²) >= 11 is 0. The van der Waals surface area contributed by atoms with Gasteiger partial charge < -0.3 is 16.0 Å². The van der Waals surface area contributed by atoms with Crippen LogP contribution in [0.5, 0.6) is 0 Å². The van der Waals surface area contributed by atoms with Crippen molar-refractivity contribution in [1.82, 2.24) is 10.2 Å². The van der Waals surface area contributed by atoms with Crippen molar-refractivity contribution in [3.63, 3.8) is 0 Å². The van der Waals surface area contributed by atoms with Crippen LogP contribution in [0.25, 0.3) is 0 Å². The summed E-state index contributed by atoms with van der Waals surface area (Å²) < 4.78 is 28.2. The van der Waals surface area contributed by atoms with Crippen molar-refractivity contribution >= 4 is 5.91 Å². The minimum atomic E-state index is -0.598. The molecule has 25 heavy (non-hydrogen) atoms. The van der Waals surface area contributed by atoms with E-state index >= 15 is 0 Å². The first kappa shape index (κ1) is 19.8. The van der Waals surface area contributed by atoms with Crippen molar-refractivity contribution in [2.75, 3.05) is 27.2 Å². The minimum absolute atomic E-state index is 0.0148. The average molecular weight is 353 g/mol. The predicted octanol–water partition coefficient (Wildman–Crippen LogP) is 2.98. The first-order valence-corrected chi connectivity index (χ1v) is 8.96. The third-order valence-corrected chi connectivity index (χ3v) is 5.33. The van der Waals surface area contributed by atoms with Crippen LogP contribution >= 0.6 is 0 Å². The zero-order chi connectivity index (χ0) is 18.4. The standard InChI is InChI=1S/C19H29F2N3O/c1-24(2)16(18-14(20)7-6-8-15(18)21)12-23-17(25)11-19(13-22)9-4-3-5-10-19/h6-8,16H,3-5,9-13,22H2,1-2H3,(H,23,25). The maximum atomic E-state index is 14.1. The highest BCUT2D eigenvalue weighted by Crippen LogP contribution is 2.38. The average Bonchev–Trinajstić information content (AvgIpc) is 2.58. The van der Waals surface area contributed by atoms with Gasteiger partial charge in [0.05, 0.1) is 6.04 Å². The van der Waals surface area contributed by atoms with Crippen molar-refractivity contribution in [3.8, 4) is 0 Å². The monoisotopic (exact) mass is 353 g/mol. The van der Waals surface area contributed by atoms with Crippen LogP contribution < -0.4 is 11.1 Å². The van der Waals surface area contributed by atoms with E-state index < -0.39 is 17.7 Å². The minimum Gasteiger partial charge on any atom is -0.354 e. The predicted molar refractivity (Wildman–Crippen MR) is 95.0 cm³/mol. The van der Waals surface area contributed by atoms with Crippen molar-refractivity contribution in [2.24, 2.45) is 11.1 Å². The smallest absolute Gasteiger partial charge is 0.220 e. The molecule has 1 unspecified atom stereocenters. The van der Waals surface area contributed by atoms with Crippen molar-refractivity contribution < 1.29 is 13.6 Å². The fourth-order valence-electron chi connectivity index (χ4n) is 3.74. The van der Waals surface area contributed by atoms with E-state index in [-0.39, 0.29) is 23.4 Å². The molecule has 0 bridgehead atoms. The number of carbonyl (C=O) groups excluding carboxylic acids is 1. The highest BCUT2D eigenvalue weighted by atomic mass is 19.1. The van der Waals surface area contributed by atoms with E-state index in [0.717, 1.165) is 25.7 Å². The maximum Gasteiger partial charge on any atom is 0.220 e. The molecule has 140 valence electrons. The van der Waals surface area contributed by atoms with Gasteiger partial charge in [0.25, 0.3) is 0 Å². The summed E-state index contributed by atoms with van der Waals surface area (Å²) in [5.41, 5.74) is 5.79. The SMILES string of the molecule is CN(C)C(CNC(=O)CC1(CN)CCCCC1)c1c(F)cccc1F. The number of hydrogen-bond donors (Lipinski definition) is 2. The number of carbonyl (C=O) groups is 1. The number of benzene rings is 1. The Balaban J connectivity index is 2.02. The number of nitrogens with zero attached hydrogens (tertiary/aromatic N) is 1. The van der Waals surface area contributed by atoms with Crippen LogP contribution in [-0.2, 0) is 4.79 Å². The van der Waals surface area contributed by atoms with Gasteiger partial charge >= 0.3 is 0 Å². The molecule has 1 aromatic carbocycles. The van der Waals surface area contributed by atoms with Crippen molar-refractivity contribution in [3.05, 3.63) is 35.4 Å². The summed E-state index contributed by atoms with van der Waals surface area (Å²) in [6.07, 6.45) is 5.71. The van der Waals surface area contributed by atoms with Gasteiger partial charge in [0.15, 0.2) is 0 Å². The van der Waals surface area contributed by atoms with E-state index in [2.05, 4.69) is 5.32 Å². The fourth-order valence-corrected chi connectivity index (χ4v) is 3.74. The lowest BCUT2D eigenvalue weighted by atomic mass is 9.71. The second-order valence-electron chi connectivity index (χ2n) is 7.36. The number of hydrogen-bond acceptors (Lipinski definition) is 3. The zero-order valence-corrected chi connectivity index (χ0v) is 15.2. The molecule has 1 amide bonds. The summed E-state index contributed by atoms with van der Waals surface area (Å²) in [4.78, 5) is 14.1. The van der Waals surface area contributed by atoms with Gasteiger partial charge in [-0.15, -0.1) is 0 Å². The number of rotatable bonds is 7. The first-order chi connectivity index (χ1) is 11.9. The lowest BCUT2D eigenvalue weighted by molar-refractivity contribution is -0.124. The Bertz CT molecular complexity index is 566. The van der Waals surface area contributed by atoms with Crippen molar-refractivity contribution in [1.29, 1.82) is 0 Å². The molecular formula is C19H29F2N3O. The number of nitrogens with two attached hydrogens (primary N) is 1. The van der Waals surface area contributed by atoms with E-state index in [1.54, 1.807) is 19.0 Å². The molecule has 3 N–H and O–H groups in total. The van der Waals surface area contributed by atoms with Crippen LogP contribution in [0.1, 0.15) is 50.1 Å². The Kier molecular flexibility index (Phi) is 6.90. The third-order valence-electron chi connectivity index (χ3n) is 5.33. The van der Waals surface area contributed by atoms with E-state index in [4.69, 9.17) is 5.73 Å². The van der Waals surface area contributed by atoms with E-state index in [0.29, 0.717) is 13.0 Å². The van der Waals surface area contributed by atoms with Crippen LogP contribution in [0.4, 0.5) is 8.78 Å². The van der Waals surface area contributed by atoms with Gasteiger partial charge in [-0.05, 0) is 51.0 Å². The second-order valence-corrected chi connectivity index (χ2v) is 7.36. The molecule has 0 aliphatic heterocycles. The van der Waals surface area contributed by atoms with Gasteiger partial charge in [-0.2, -0.15) is 0 Å². The van der Waals surface area contributed by atoms with Crippen LogP contribution in [0, 0.1) is 17.0 Å². The molecule has 1 aliphatic rings. The number of amides is 1. The van der Waals surface area contributed by atoms with E-state index in [1.165, 1.54) is 24.6 Å². The first-order valence-electron chi connectivity index (χ1n) is 8.96. The van der Waals surface area contributed by atoms with Gasteiger partial charge in [0.2, 0.25) is 5.91 Å². The van der Waals surface area contributed by atoms with Crippen LogP contribution in [0.15, 0.2) is 18.2 Å². The molecule has 0 saturated heterocycles. The Morgan fingerprint density at radius 1 is 1.24 bits per heavy atom. The highest BCUT2D eigenvalue weighted by molar-refractivity contribution is 5.76. The lowest BCUT2D eigenvalue weighted by Gasteiger charge is -2.36. The molecule has 1 atom stereocenters. The van der Waals surface area contributed by atoms with Crippen LogP contribution in [0.3, 0.4) is 0 Å². The van der Waals surface area contributed by atoms with Crippen LogP contribution in [0.2, 0.25) is 0 Å². The molecule has 1 fully saturated rings. The molecule has 0 spiro atoms. The molecule has 0 heterocycles. The van der Waals surface area contributed by atoms with Crippen LogP contribution in [-0.4, -0.2) is 38.0 Å². The van der Waals surface area contributed by atoms with Gasteiger partial charge in [-0.1, -0.05) is 25.3 Å². The molecular weight excluding hydrogens is 324 g/mol. The van der Waals surface area contributed by atoms with Gasteiger partial charge in [-0.25, -0.2) is 8.78 Å². The van der Waals surface area contributed by atoms with E-state index in [9.17, 15) is 13.6 Å². The molecule has 6 heteroatoms. The van der Waals surface area contributed by atoms with Gasteiger partial charge in [-0.3, -0.25) is 4.79 Å². The Hall–Kier alpha value is -1.53. The number of likely N-dealkylation sites (N-methyl/N-ethyl adjacent to an activating group) is 1. The molecule has 1 saturated carbocycles. The second kappa shape index (κ2) is 8.72. The van der Waals surface area contributed by atoms with E-state index in [1.807, 2.05) is 0 Å². The Morgan fingerprint density at radius 3 is 2.36 bits per heavy atom. The van der Waals surface area contributed by atoms with Gasteiger partial charge in [0, 0.05) is 18.5 Å². The number of nitrogens with one attached hydrogen (secondary N) is 1. The summed E-state index contributed by atoms with van der Waals surface area (Å²) in [6.45, 7) is 0.657. The van der Waals surface area contributed by atoms with Gasteiger partial charge in [0.1, 0.15) is 11.6 Å². The largest absolute Gasteiger partial charge is 0.354 e. The molecule has 0 radical (unpaired) electrons. The summed E-state index contributed by atoms with van der Waals surface area (Å²) in [7, 11) is 3.48. The fraction of sp³-hybridized carbons (Fsp3) is 0.632. The normalized spacial score (nSPS) is 18.2. The third kappa shape index (κ3) is 4.98. The number of halogens is 2. The zero-order valence-electron chi connectivity index (χ0n) is 15.2. The lowest BCUT2D eigenvalue weighted by Crippen LogP contribution is -2.41. The summed E-state index contributed by atoms with van der Waals surface area (Å²) in [5.74, 6) is -1.30. The summed E-state index contributed by atoms with van der Waals surface area (Å²) in [6, 6.07) is 3.25. The maximum absolute atomic E-state index is 14.1. The quantitative estimate of drug-likeness (QED) is 0.792. The molecule has 2 rings (SSSR count). The summed E-state index contributed by atoms with van der Waals surface area (Å²) in [5, 5.41) is 2.85. The van der Waals surface area contributed by atoms with Crippen molar-refractivity contribution in [2.45, 2.75) is 44.6 Å². The molecule has 1 aromatic rings. The Labute approximate surface area is 148 Å². The highest BCUT2D eigenvalue weighted by Gasteiger charge is 2.33. The Morgan fingerprint density at radius 2 is 1.84 bits per heavy atom.